The topological polar surface area (TPSA) is 0 Å². The van der Waals surface area contributed by atoms with E-state index in [1.807, 2.05) is 0 Å². The van der Waals surface area contributed by atoms with Crippen molar-refractivity contribution in [3.63, 3.8) is 0 Å². The van der Waals surface area contributed by atoms with Crippen LogP contribution in [0.2, 0.25) is 17.2 Å². The van der Waals surface area contributed by atoms with Gasteiger partial charge in [0.2, 0.25) is 0 Å². The molecule has 1 aromatic rings. The van der Waals surface area contributed by atoms with E-state index < -0.39 is 28.1 Å². The molecule has 2 radical (unpaired) electrons. The number of rotatable bonds is 3. The molecule has 1 aromatic carbocycles. The van der Waals surface area contributed by atoms with E-state index in [1.54, 1.807) is 5.19 Å². The van der Waals surface area contributed by atoms with Gasteiger partial charge in [0.05, 0.1) is 0 Å². The van der Waals surface area contributed by atoms with Crippen LogP contribution >= 0.6 is 8.92 Å². The summed E-state index contributed by atoms with van der Waals surface area (Å²) in [5.74, 6) is 0. The van der Waals surface area contributed by atoms with Crippen molar-refractivity contribution in [2.45, 2.75) is 17.2 Å². The summed E-state index contributed by atoms with van der Waals surface area (Å²) < 4.78 is 1.34. The summed E-state index contributed by atoms with van der Waals surface area (Å²) in [6.45, 7) is 4.82. The van der Waals surface area contributed by atoms with Crippen molar-refractivity contribution in [2.75, 3.05) is 0 Å². The fourth-order valence-corrected chi connectivity index (χ4v) is 14.1. The minimum atomic E-state index is -1.14. The summed E-state index contributed by atoms with van der Waals surface area (Å²) in [4.78, 5) is 0. The van der Waals surface area contributed by atoms with Gasteiger partial charge in [-0.05, 0) is 0 Å². The molecule has 0 N–H and O–H groups in total. The maximum atomic E-state index is 5.94. The van der Waals surface area contributed by atoms with Crippen LogP contribution in [0.5, 0.6) is 0 Å². The van der Waals surface area contributed by atoms with E-state index in [-0.39, 0.29) is 0 Å². The first kappa shape index (κ1) is 10.6. The van der Waals surface area contributed by atoms with Crippen LogP contribution < -0.4 is 5.19 Å². The Hall–Kier alpha value is 0.526. The van der Waals surface area contributed by atoms with Crippen LogP contribution in [0, 0.1) is 0 Å². The van der Waals surface area contributed by atoms with Gasteiger partial charge in [0, 0.05) is 0 Å². The zero-order valence-corrected chi connectivity index (χ0v) is 12.1. The monoisotopic (exact) mass is 304 g/mol. The number of hydrogen-bond acceptors (Lipinski definition) is 0. The molecule has 0 fully saturated rings. The quantitative estimate of drug-likeness (QED) is 0.752. The van der Waals surface area contributed by atoms with Crippen LogP contribution in [0.15, 0.2) is 30.3 Å². The Kier molecular flexibility index (Phi) is 4.13. The molecule has 0 aliphatic carbocycles. The van der Waals surface area contributed by atoms with Crippen molar-refractivity contribution >= 4 is 42.2 Å². The van der Waals surface area contributed by atoms with E-state index in [2.05, 4.69) is 43.4 Å². The van der Waals surface area contributed by atoms with Gasteiger partial charge in [0.1, 0.15) is 0 Å². The zero-order chi connectivity index (χ0) is 9.03. The van der Waals surface area contributed by atoms with Gasteiger partial charge in [-0.15, -0.1) is 0 Å². The summed E-state index contributed by atoms with van der Waals surface area (Å²) in [5, 5.41) is 1.55. The third-order valence-corrected chi connectivity index (χ3v) is 16.4. The Morgan fingerprint density at radius 3 is 2.33 bits per heavy atom. The van der Waals surface area contributed by atoms with E-state index in [9.17, 15) is 0 Å². The second-order valence-electron chi connectivity index (χ2n) is 3.56. The molecule has 0 unspecified atom stereocenters. The first-order chi connectivity index (χ1) is 5.67. The summed E-state index contributed by atoms with van der Waals surface area (Å²) >= 11 is -0.543. The van der Waals surface area contributed by atoms with Crippen molar-refractivity contribution < 1.29 is 0 Å². The Bertz CT molecular complexity index is 236. The summed E-state index contributed by atoms with van der Waals surface area (Å²) in [6, 6.07) is 10.8. The van der Waals surface area contributed by atoms with Gasteiger partial charge >= 0.3 is 89.7 Å². The molecule has 0 spiro atoms. The minimum absolute atomic E-state index is 0.543. The summed E-state index contributed by atoms with van der Waals surface area (Å²) in [7, 11) is 4.80. The van der Waals surface area contributed by atoms with Gasteiger partial charge in [-0.25, -0.2) is 0 Å². The molecule has 0 aliphatic heterocycles. The third-order valence-electron chi connectivity index (χ3n) is 2.06. The molecule has 0 aliphatic rings. The van der Waals surface area contributed by atoms with E-state index in [4.69, 9.17) is 8.92 Å². The molecule has 0 bridgehead atoms. The van der Waals surface area contributed by atoms with Crippen LogP contribution in [0.4, 0.5) is 0 Å². The average molecular weight is 303 g/mol. The molecule has 0 amide bonds. The maximum absolute atomic E-state index is 5.94. The second-order valence-corrected chi connectivity index (χ2v) is 13.8. The first-order valence-electron chi connectivity index (χ1n) is 4.06. The number of hydrogen-bond donors (Lipinski definition) is 0. The predicted molar refractivity (Wildman–Crippen MR) is 60.0 cm³/mol. The Morgan fingerprint density at radius 2 is 1.83 bits per heavy atom. The van der Waals surface area contributed by atoms with Gasteiger partial charge in [-0.2, -0.15) is 0 Å². The van der Waals surface area contributed by atoms with E-state index in [0.717, 1.165) is 0 Å². The van der Waals surface area contributed by atoms with Crippen molar-refractivity contribution in [3.05, 3.63) is 30.3 Å². The Morgan fingerprint density at radius 1 is 1.25 bits per heavy atom. The number of benzene rings is 1. The SMILES string of the molecule is C[Si](C)([CH2][Sn][Cl])c1ccccc1. The molecule has 0 nitrogen and oxygen atoms in total. The van der Waals surface area contributed by atoms with Crippen LogP contribution in [-0.4, -0.2) is 28.1 Å². The summed E-state index contributed by atoms with van der Waals surface area (Å²) in [6.07, 6.45) is 0. The molecule has 0 aromatic heterocycles. The van der Waals surface area contributed by atoms with Crippen LogP contribution in [0.25, 0.3) is 0 Å². The molecule has 0 saturated heterocycles. The second kappa shape index (κ2) is 4.68. The Labute approximate surface area is 89.3 Å². The van der Waals surface area contributed by atoms with Crippen LogP contribution in [0.3, 0.4) is 0 Å². The van der Waals surface area contributed by atoms with Crippen LogP contribution in [0.1, 0.15) is 0 Å². The van der Waals surface area contributed by atoms with Crippen molar-refractivity contribution in [1.82, 2.24) is 0 Å². The number of halogens is 1. The van der Waals surface area contributed by atoms with Crippen LogP contribution in [-0.2, 0) is 0 Å². The van der Waals surface area contributed by atoms with Gasteiger partial charge in [0.25, 0.3) is 0 Å². The van der Waals surface area contributed by atoms with Gasteiger partial charge in [-0.1, -0.05) is 0 Å². The molecule has 64 valence electrons. The van der Waals surface area contributed by atoms with Gasteiger partial charge < -0.3 is 0 Å². The van der Waals surface area contributed by atoms with E-state index in [1.165, 1.54) is 4.06 Å². The Balaban J connectivity index is 2.82. The summed E-state index contributed by atoms with van der Waals surface area (Å²) in [5.41, 5.74) is 0. The fourth-order valence-electron chi connectivity index (χ4n) is 1.16. The standard InChI is InChI=1S/C9H13Si.ClH.Sn/c1-10(2,3)9-7-5-4-6-8-9;;/h4-8H,1H2,2-3H3;1H;/q;;+1/p-1. The van der Waals surface area contributed by atoms with Crippen molar-refractivity contribution in [1.29, 1.82) is 0 Å². The van der Waals surface area contributed by atoms with Gasteiger partial charge in [0.15, 0.2) is 0 Å². The molecule has 0 heterocycles. The van der Waals surface area contributed by atoms with Crippen molar-refractivity contribution in [2.24, 2.45) is 0 Å². The molecular weight excluding hydrogens is 290 g/mol. The molecule has 1 rings (SSSR count). The normalized spacial score (nSPS) is 11.6. The molecule has 12 heavy (non-hydrogen) atoms. The molecular formula is C9H13ClSiSn. The average Bonchev–Trinajstić information content (AvgIpc) is 2.06. The molecule has 0 saturated carbocycles. The third kappa shape index (κ3) is 2.78. The first-order valence-corrected chi connectivity index (χ1v) is 12.9. The molecule has 0 atom stereocenters. The van der Waals surface area contributed by atoms with Crippen molar-refractivity contribution in [3.8, 4) is 0 Å². The fraction of sp³-hybridized carbons (Fsp3) is 0.333. The predicted octanol–water partition coefficient (Wildman–Crippen LogP) is 2.42. The zero-order valence-electron chi connectivity index (χ0n) is 7.47. The van der Waals surface area contributed by atoms with Gasteiger partial charge in [-0.3, -0.25) is 0 Å². The van der Waals surface area contributed by atoms with E-state index >= 15 is 0 Å². The van der Waals surface area contributed by atoms with E-state index in [0.29, 0.717) is 0 Å². The molecule has 3 heteroatoms.